The monoisotopic (exact) mass is 447 g/mol. The van der Waals surface area contributed by atoms with Gasteiger partial charge in [0.1, 0.15) is 16.3 Å². The molecule has 0 spiro atoms. The lowest BCUT2D eigenvalue weighted by Crippen LogP contribution is -2.41. The number of amides is 3. The van der Waals surface area contributed by atoms with Gasteiger partial charge in [-0.25, -0.2) is 9.78 Å². The average molecular weight is 448 g/mol. The highest BCUT2D eigenvalue weighted by Gasteiger charge is 2.49. The van der Waals surface area contributed by atoms with E-state index in [-0.39, 0.29) is 18.5 Å². The van der Waals surface area contributed by atoms with Crippen LogP contribution < -0.4 is 10.1 Å². The van der Waals surface area contributed by atoms with E-state index < -0.39 is 5.54 Å². The lowest BCUT2D eigenvalue weighted by atomic mass is 9.89. The Balaban J connectivity index is 1.34. The lowest BCUT2D eigenvalue weighted by molar-refractivity contribution is -0.131. The molecule has 164 valence electrons. The van der Waals surface area contributed by atoms with E-state index >= 15 is 0 Å². The van der Waals surface area contributed by atoms with E-state index in [1.165, 1.54) is 27.4 Å². The van der Waals surface area contributed by atoms with Crippen LogP contribution in [0.4, 0.5) is 4.79 Å². The van der Waals surface area contributed by atoms with Gasteiger partial charge in [0, 0.05) is 10.9 Å². The maximum atomic E-state index is 13.3. The van der Waals surface area contributed by atoms with Gasteiger partial charge in [-0.15, -0.1) is 11.3 Å². The molecule has 1 atom stereocenters. The van der Waals surface area contributed by atoms with E-state index in [9.17, 15) is 9.59 Å². The molecule has 3 aromatic rings. The second kappa shape index (κ2) is 8.06. The molecule has 6 nitrogen and oxygen atoms in total. The lowest BCUT2D eigenvalue weighted by Gasteiger charge is -2.23. The molecule has 2 aliphatic rings. The summed E-state index contributed by atoms with van der Waals surface area (Å²) in [6.45, 7) is 4.51. The second-order valence-electron chi connectivity index (χ2n) is 8.38. The Kier molecular flexibility index (Phi) is 5.21. The molecule has 7 heteroatoms. The summed E-state index contributed by atoms with van der Waals surface area (Å²) in [6, 6.07) is 13.5. The third-order valence-electron chi connectivity index (χ3n) is 6.23. The molecule has 1 unspecified atom stereocenters. The molecule has 5 rings (SSSR count). The Labute approximate surface area is 191 Å². The van der Waals surface area contributed by atoms with E-state index in [1.807, 2.05) is 42.6 Å². The molecule has 2 heterocycles. The van der Waals surface area contributed by atoms with E-state index in [0.29, 0.717) is 12.3 Å². The van der Waals surface area contributed by atoms with Crippen molar-refractivity contribution >= 4 is 23.3 Å². The molecule has 1 fully saturated rings. The molecule has 1 saturated heterocycles. The zero-order chi connectivity index (χ0) is 22.3. The minimum Gasteiger partial charge on any atom is -0.494 e. The maximum Gasteiger partial charge on any atom is 0.325 e. The Bertz CT molecular complexity index is 1190. The first-order chi connectivity index (χ1) is 15.5. The molecular weight excluding hydrogens is 422 g/mol. The summed E-state index contributed by atoms with van der Waals surface area (Å²) in [4.78, 5) is 32.0. The summed E-state index contributed by atoms with van der Waals surface area (Å²) in [5.74, 6) is 0.578. The van der Waals surface area contributed by atoms with Crippen LogP contribution in [0.2, 0.25) is 0 Å². The number of fused-ring (bicyclic) bond motifs is 1. The molecule has 1 aliphatic carbocycles. The third kappa shape index (κ3) is 3.56. The van der Waals surface area contributed by atoms with Gasteiger partial charge in [-0.05, 0) is 74.1 Å². The maximum absolute atomic E-state index is 13.3. The van der Waals surface area contributed by atoms with Crippen LogP contribution in [0.1, 0.15) is 42.7 Å². The van der Waals surface area contributed by atoms with E-state index in [1.54, 1.807) is 6.92 Å². The summed E-state index contributed by atoms with van der Waals surface area (Å²) in [7, 11) is 0. The number of hydrogen-bond donors (Lipinski definition) is 1. The smallest absolute Gasteiger partial charge is 0.325 e. The number of nitrogens with one attached hydrogen (secondary N) is 1. The summed E-state index contributed by atoms with van der Waals surface area (Å²) >= 11 is 1.50. The van der Waals surface area contributed by atoms with Gasteiger partial charge in [0.2, 0.25) is 0 Å². The van der Waals surface area contributed by atoms with Gasteiger partial charge in [-0.2, -0.15) is 0 Å². The largest absolute Gasteiger partial charge is 0.494 e. The van der Waals surface area contributed by atoms with Crippen molar-refractivity contribution in [1.29, 1.82) is 0 Å². The van der Waals surface area contributed by atoms with Gasteiger partial charge in [-0.3, -0.25) is 9.69 Å². The minimum absolute atomic E-state index is 0.152. The van der Waals surface area contributed by atoms with Crippen LogP contribution in [0.5, 0.6) is 5.75 Å². The van der Waals surface area contributed by atoms with Crippen molar-refractivity contribution < 1.29 is 14.3 Å². The number of urea groups is 1. The standard InChI is InChI=1S/C25H25N3O3S/c1-3-31-21-11-8-17(9-12-21)22-26-20(15-32-22)14-28-23(29)25(2,27-24(28)30)19-10-7-16-5-4-6-18(16)13-19/h7-13,15H,3-6,14H2,1-2H3,(H,27,30). The van der Waals surface area contributed by atoms with Crippen molar-refractivity contribution in [3.63, 3.8) is 0 Å². The van der Waals surface area contributed by atoms with Crippen LogP contribution in [0, 0.1) is 0 Å². The van der Waals surface area contributed by atoms with Crippen LogP contribution >= 0.6 is 11.3 Å². The normalized spacial score (nSPS) is 19.9. The molecule has 0 bridgehead atoms. The summed E-state index contributed by atoms with van der Waals surface area (Å²) in [5.41, 5.74) is 4.08. The number of nitrogens with zero attached hydrogens (tertiary/aromatic N) is 2. The van der Waals surface area contributed by atoms with Crippen molar-refractivity contribution in [2.45, 2.75) is 45.2 Å². The fourth-order valence-electron chi connectivity index (χ4n) is 4.45. The Morgan fingerprint density at radius 2 is 1.91 bits per heavy atom. The van der Waals surface area contributed by atoms with Gasteiger partial charge >= 0.3 is 6.03 Å². The van der Waals surface area contributed by atoms with Crippen LogP contribution in [-0.2, 0) is 29.7 Å². The zero-order valence-electron chi connectivity index (χ0n) is 18.2. The zero-order valence-corrected chi connectivity index (χ0v) is 19.0. The minimum atomic E-state index is -1.05. The molecule has 2 aromatic carbocycles. The number of carbonyl (C=O) groups excluding carboxylic acids is 2. The van der Waals surface area contributed by atoms with Gasteiger partial charge in [0.05, 0.1) is 18.8 Å². The second-order valence-corrected chi connectivity index (χ2v) is 9.24. The van der Waals surface area contributed by atoms with Crippen molar-refractivity contribution in [2.24, 2.45) is 0 Å². The van der Waals surface area contributed by atoms with Gasteiger partial charge in [0.25, 0.3) is 5.91 Å². The predicted octanol–water partition coefficient (Wildman–Crippen LogP) is 4.66. The highest BCUT2D eigenvalue weighted by molar-refractivity contribution is 7.13. The van der Waals surface area contributed by atoms with Crippen LogP contribution in [0.25, 0.3) is 10.6 Å². The van der Waals surface area contributed by atoms with Crippen LogP contribution in [0.15, 0.2) is 47.8 Å². The first kappa shape index (κ1) is 20.7. The molecule has 0 radical (unpaired) electrons. The number of hydrogen-bond acceptors (Lipinski definition) is 5. The third-order valence-corrected chi connectivity index (χ3v) is 7.18. The van der Waals surface area contributed by atoms with Crippen molar-refractivity contribution in [2.75, 3.05) is 6.61 Å². The fourth-order valence-corrected chi connectivity index (χ4v) is 5.27. The van der Waals surface area contributed by atoms with Gasteiger partial charge in [0.15, 0.2) is 0 Å². The highest BCUT2D eigenvalue weighted by Crippen LogP contribution is 2.34. The number of aromatic nitrogens is 1. The quantitative estimate of drug-likeness (QED) is 0.558. The number of carbonyl (C=O) groups is 2. The number of ether oxygens (including phenoxy) is 1. The van der Waals surface area contributed by atoms with Gasteiger partial charge in [-0.1, -0.05) is 18.2 Å². The molecule has 3 amide bonds. The SMILES string of the molecule is CCOc1ccc(-c2nc(CN3C(=O)NC(C)(c4ccc5c(c4)CCC5)C3=O)cs2)cc1. The van der Waals surface area contributed by atoms with E-state index in [4.69, 9.17) is 4.74 Å². The number of benzene rings is 2. The molecule has 0 saturated carbocycles. The number of imide groups is 1. The molecule has 1 aliphatic heterocycles. The van der Waals surface area contributed by atoms with Crippen molar-refractivity contribution in [1.82, 2.24) is 15.2 Å². The van der Waals surface area contributed by atoms with Crippen LogP contribution in [0.3, 0.4) is 0 Å². The predicted molar refractivity (Wildman–Crippen MR) is 124 cm³/mol. The topological polar surface area (TPSA) is 71.5 Å². The summed E-state index contributed by atoms with van der Waals surface area (Å²) < 4.78 is 5.49. The number of thiazole rings is 1. The van der Waals surface area contributed by atoms with Crippen molar-refractivity contribution in [3.8, 4) is 16.3 Å². The molecule has 32 heavy (non-hydrogen) atoms. The number of aryl methyl sites for hydroxylation is 2. The summed E-state index contributed by atoms with van der Waals surface area (Å²) in [5, 5.41) is 5.66. The van der Waals surface area contributed by atoms with Crippen molar-refractivity contribution in [3.05, 3.63) is 70.2 Å². The average Bonchev–Trinajstić information content (AvgIpc) is 3.50. The molecular formula is C25H25N3O3S. The summed E-state index contributed by atoms with van der Waals surface area (Å²) in [6.07, 6.45) is 3.25. The van der Waals surface area contributed by atoms with E-state index in [2.05, 4.69) is 22.4 Å². The van der Waals surface area contributed by atoms with Gasteiger partial charge < -0.3 is 10.1 Å². The Hall–Kier alpha value is -3.19. The fraction of sp³-hybridized carbons (Fsp3) is 0.320. The van der Waals surface area contributed by atoms with E-state index in [0.717, 1.165) is 41.1 Å². The molecule has 1 N–H and O–H groups in total. The molecule has 1 aromatic heterocycles. The number of rotatable bonds is 6. The first-order valence-electron chi connectivity index (χ1n) is 10.9. The van der Waals surface area contributed by atoms with Crippen LogP contribution in [-0.4, -0.2) is 28.4 Å². The Morgan fingerprint density at radius 1 is 1.12 bits per heavy atom. The highest BCUT2D eigenvalue weighted by atomic mass is 32.1. The Morgan fingerprint density at radius 3 is 2.69 bits per heavy atom. The first-order valence-corrected chi connectivity index (χ1v) is 11.8.